The van der Waals surface area contributed by atoms with Gasteiger partial charge in [0.25, 0.3) is 20.0 Å². The fraction of sp³-hybridized carbons (Fsp3) is 0.364. The molecule has 2 aliphatic heterocycles. The average Bonchev–Trinajstić information content (AvgIpc) is 4.27. The third-order valence-electron chi connectivity index (χ3n) is 14.0. The number of carbonyl (C=O) groups is 3. The van der Waals surface area contributed by atoms with E-state index in [1.165, 1.54) is 39.5 Å². The van der Waals surface area contributed by atoms with Gasteiger partial charge in [-0.05, 0) is 95.0 Å². The number of ether oxygens (including phenoxy) is 2. The van der Waals surface area contributed by atoms with Crippen molar-refractivity contribution in [2.45, 2.75) is 89.2 Å². The molecule has 8 aromatic rings. The summed E-state index contributed by atoms with van der Waals surface area (Å²) in [5, 5.41) is 3.47. The van der Waals surface area contributed by atoms with Crippen LogP contribution in [0.25, 0.3) is 28.0 Å². The van der Waals surface area contributed by atoms with E-state index in [-0.39, 0.29) is 58.2 Å². The number of nitrogens with zero attached hydrogens (tertiary/aromatic N) is 9. The minimum atomic E-state index is -3.97. The molecule has 0 saturated carbocycles. The van der Waals surface area contributed by atoms with Gasteiger partial charge in [0.2, 0.25) is 0 Å². The highest BCUT2D eigenvalue weighted by Crippen LogP contribution is 2.34. The van der Waals surface area contributed by atoms with Gasteiger partial charge in [0.1, 0.15) is 17.7 Å². The van der Waals surface area contributed by atoms with Crippen LogP contribution in [0.3, 0.4) is 0 Å². The molecule has 7 heterocycles. The zero-order valence-electron chi connectivity index (χ0n) is 43.5. The van der Waals surface area contributed by atoms with Gasteiger partial charge in [-0.1, -0.05) is 92.4 Å². The van der Waals surface area contributed by atoms with E-state index in [1.54, 1.807) is 69.6 Å². The Morgan fingerprint density at radius 2 is 1.34 bits per heavy atom. The Morgan fingerprint density at radius 1 is 0.724 bits per heavy atom. The van der Waals surface area contributed by atoms with Gasteiger partial charge in [-0.2, -0.15) is 0 Å². The lowest BCUT2D eigenvalue weighted by molar-refractivity contribution is -0.122. The van der Waals surface area contributed by atoms with Crippen LogP contribution in [0.5, 0.6) is 0 Å². The van der Waals surface area contributed by atoms with E-state index in [9.17, 15) is 31.2 Å². The van der Waals surface area contributed by atoms with E-state index in [2.05, 4.69) is 36.6 Å². The maximum Gasteiger partial charge on any atom is 0.416 e. The standard InChI is InChI=1S/C34H39N5O7S.C21H23N5O2S/c1-6-25-19-37(32(41)45-22-24-10-8-7-9-11-24)20-27(25)29(40)21-38(33(42)46-34(3,4)5)30-18-35-31-28(36-30)16-17-39(31)47(43,44)26-14-12-23(2)13-15-26;1-3-15-10-22-11-17(15)19-12-23-20-13-24-21-18(26(19)20)8-9-25(21)29(27,28)16-6-4-14(2)5-7-16/h7-18,25,27H,6,19-22H2,1-5H3;4-9,12-13,15,17,22H,3,10-11H2,1-2H3/t25-,27+;15-,17+/m11/s1. The predicted molar refractivity (Wildman–Crippen MR) is 287 cm³/mol. The number of imidazole rings is 1. The minimum absolute atomic E-state index is 0.0238. The lowest BCUT2D eigenvalue weighted by Crippen LogP contribution is -2.43. The largest absolute Gasteiger partial charge is 0.445 e. The van der Waals surface area contributed by atoms with Gasteiger partial charge in [0, 0.05) is 55.8 Å². The van der Waals surface area contributed by atoms with Gasteiger partial charge >= 0.3 is 12.2 Å². The number of Topliss-reactive ketones (excluding diaryl/α,β-unsaturated/α-hetero) is 1. The highest BCUT2D eigenvalue weighted by Gasteiger charge is 2.41. The third-order valence-corrected chi connectivity index (χ3v) is 17.3. The van der Waals surface area contributed by atoms with Gasteiger partial charge in [0.15, 0.2) is 28.5 Å². The second kappa shape index (κ2) is 21.6. The van der Waals surface area contributed by atoms with Crippen LogP contribution in [0, 0.1) is 31.6 Å². The molecule has 0 spiro atoms. The molecule has 21 heteroatoms. The Hall–Kier alpha value is -7.49. The molecule has 10 rings (SSSR count). The second-order valence-electron chi connectivity index (χ2n) is 20.3. The van der Waals surface area contributed by atoms with Crippen molar-refractivity contribution in [2.75, 3.05) is 37.6 Å². The first-order valence-corrected chi connectivity index (χ1v) is 28.2. The molecule has 0 aliphatic carbocycles. The molecule has 2 aliphatic rings. The monoisotopic (exact) mass is 1070 g/mol. The molecule has 2 saturated heterocycles. The van der Waals surface area contributed by atoms with Crippen molar-refractivity contribution in [1.29, 1.82) is 0 Å². The summed E-state index contributed by atoms with van der Waals surface area (Å²) >= 11 is 0. The number of aromatic nitrogens is 7. The molecule has 3 aromatic carbocycles. The number of likely N-dealkylation sites (tertiary alicyclic amines) is 1. The number of nitrogens with one attached hydrogen (secondary N) is 1. The SMILES string of the molecule is CC[C@@H]1CN(C(=O)OCc2ccccc2)C[C@@H]1C(=O)CN(C(=O)OC(C)(C)C)c1cnc2c(ccn2S(=O)(=O)c2ccc(C)cc2)n1.CC[C@@H]1CNC[C@@H]1c1cnc2cnc3c(ccn3S(=O)(=O)c3ccc(C)cc3)n12. The Kier molecular flexibility index (Phi) is 15.2. The number of amides is 2. The molecule has 4 atom stereocenters. The second-order valence-corrected chi connectivity index (χ2v) is 24.0. The summed E-state index contributed by atoms with van der Waals surface area (Å²) in [6.45, 7) is 15.2. The Morgan fingerprint density at radius 3 is 1.97 bits per heavy atom. The average molecular weight is 1070 g/mol. The van der Waals surface area contributed by atoms with Crippen molar-refractivity contribution in [1.82, 2.24) is 42.5 Å². The molecule has 76 heavy (non-hydrogen) atoms. The first kappa shape index (κ1) is 53.3. The first-order chi connectivity index (χ1) is 36.3. The van der Waals surface area contributed by atoms with Crippen molar-refractivity contribution < 1.29 is 40.7 Å². The van der Waals surface area contributed by atoms with E-state index in [0.717, 1.165) is 61.9 Å². The van der Waals surface area contributed by atoms with Crippen molar-refractivity contribution in [3.05, 3.63) is 144 Å². The van der Waals surface area contributed by atoms with Gasteiger partial charge in [-0.15, -0.1) is 0 Å². The number of fused-ring (bicyclic) bond motifs is 4. The van der Waals surface area contributed by atoms with Crippen LogP contribution < -0.4 is 10.2 Å². The Bertz CT molecular complexity index is 3650. The normalized spacial score (nSPS) is 18.0. The van der Waals surface area contributed by atoms with E-state index >= 15 is 0 Å². The van der Waals surface area contributed by atoms with Gasteiger partial charge in [-0.25, -0.2) is 54.3 Å². The van der Waals surface area contributed by atoms with Crippen molar-refractivity contribution in [3.63, 3.8) is 0 Å². The lowest BCUT2D eigenvalue weighted by Gasteiger charge is -2.27. The third kappa shape index (κ3) is 10.9. The van der Waals surface area contributed by atoms with Crippen LogP contribution >= 0.6 is 0 Å². The fourth-order valence-electron chi connectivity index (χ4n) is 9.80. The number of hydrogen-bond acceptors (Lipinski definition) is 14. The number of benzene rings is 3. The highest BCUT2D eigenvalue weighted by molar-refractivity contribution is 7.90. The van der Waals surface area contributed by atoms with E-state index in [1.807, 2.05) is 63.4 Å². The number of hydrogen-bond donors (Lipinski definition) is 1. The molecular formula is C55H62N10O9S2. The lowest BCUT2D eigenvalue weighted by atomic mass is 9.90. The van der Waals surface area contributed by atoms with Crippen molar-refractivity contribution >= 4 is 71.8 Å². The van der Waals surface area contributed by atoms with Crippen LogP contribution in [0.1, 0.15) is 75.8 Å². The highest BCUT2D eigenvalue weighted by atomic mass is 32.2. The van der Waals surface area contributed by atoms with Crippen LogP contribution in [0.4, 0.5) is 15.4 Å². The van der Waals surface area contributed by atoms with Crippen molar-refractivity contribution in [3.8, 4) is 0 Å². The Labute approximate surface area is 442 Å². The molecule has 2 fully saturated rings. The minimum Gasteiger partial charge on any atom is -0.445 e. The molecule has 1 N–H and O–H groups in total. The maximum atomic E-state index is 13.8. The first-order valence-electron chi connectivity index (χ1n) is 25.3. The smallest absolute Gasteiger partial charge is 0.416 e. The van der Waals surface area contributed by atoms with Crippen LogP contribution in [-0.2, 0) is 40.9 Å². The van der Waals surface area contributed by atoms with E-state index in [0.29, 0.717) is 30.4 Å². The summed E-state index contributed by atoms with van der Waals surface area (Å²) in [7, 11) is -7.70. The summed E-state index contributed by atoms with van der Waals surface area (Å²) < 4.78 is 68.7. The number of aryl methyl sites for hydroxylation is 2. The molecule has 398 valence electrons. The quantitative estimate of drug-likeness (QED) is 0.114. The Balaban J connectivity index is 0.000000207. The zero-order chi connectivity index (χ0) is 54.1. The van der Waals surface area contributed by atoms with Gasteiger partial charge < -0.3 is 19.7 Å². The fourth-order valence-corrected chi connectivity index (χ4v) is 12.4. The zero-order valence-corrected chi connectivity index (χ0v) is 45.2. The summed E-state index contributed by atoms with van der Waals surface area (Å²) in [6.07, 6.45) is 8.15. The van der Waals surface area contributed by atoms with Crippen LogP contribution in [-0.4, -0.2) is 110 Å². The van der Waals surface area contributed by atoms with Gasteiger partial charge in [-0.3, -0.25) is 14.1 Å². The van der Waals surface area contributed by atoms with Crippen LogP contribution in [0.15, 0.2) is 132 Å². The molecular weight excluding hydrogens is 1010 g/mol. The summed E-state index contributed by atoms with van der Waals surface area (Å²) in [6, 6.07) is 25.9. The van der Waals surface area contributed by atoms with E-state index < -0.39 is 43.8 Å². The van der Waals surface area contributed by atoms with Crippen molar-refractivity contribution in [2.24, 2.45) is 17.8 Å². The van der Waals surface area contributed by atoms with E-state index in [4.69, 9.17) is 9.47 Å². The number of rotatable bonds is 13. The van der Waals surface area contributed by atoms with Gasteiger partial charge in [0.05, 0.1) is 34.2 Å². The molecule has 0 unspecified atom stereocenters. The number of anilines is 1. The molecule has 5 aromatic heterocycles. The summed E-state index contributed by atoms with van der Waals surface area (Å²) in [4.78, 5) is 61.0. The molecule has 0 bridgehead atoms. The maximum absolute atomic E-state index is 13.8. The topological polar surface area (TPSA) is 222 Å². The summed E-state index contributed by atoms with van der Waals surface area (Å²) in [5.74, 6) is -0.0548. The number of carbonyl (C=O) groups excluding carboxylic acids is 3. The van der Waals surface area contributed by atoms with Crippen LogP contribution in [0.2, 0.25) is 0 Å². The predicted octanol–water partition coefficient (Wildman–Crippen LogP) is 8.52. The molecule has 0 radical (unpaired) electrons. The molecule has 2 amide bonds. The number of ketones is 1. The summed E-state index contributed by atoms with van der Waals surface area (Å²) in [5.41, 5.74) is 5.20. The molecule has 19 nitrogen and oxygen atoms in total.